The third kappa shape index (κ3) is 2.49. The molecule has 4 atom stereocenters. The van der Waals surface area contributed by atoms with E-state index in [4.69, 9.17) is 22.1 Å². The van der Waals surface area contributed by atoms with Crippen molar-refractivity contribution in [2.75, 3.05) is 19.0 Å². The van der Waals surface area contributed by atoms with E-state index in [1.54, 1.807) is 0 Å². The van der Waals surface area contributed by atoms with Crippen LogP contribution in [0.15, 0.2) is 12.5 Å². The van der Waals surface area contributed by atoms with E-state index in [0.717, 1.165) is 0 Å². The van der Waals surface area contributed by atoms with Crippen LogP contribution in [0.25, 0.3) is 11.2 Å². The maximum atomic E-state index is 12.4. The first-order valence-electron chi connectivity index (χ1n) is 6.65. The van der Waals surface area contributed by atoms with E-state index in [-0.39, 0.29) is 5.95 Å². The van der Waals surface area contributed by atoms with Gasteiger partial charge in [-0.3, -0.25) is 4.57 Å². The Morgan fingerprint density at radius 2 is 2.30 bits per heavy atom. The van der Waals surface area contributed by atoms with Crippen molar-refractivity contribution in [3.8, 4) is 11.8 Å². The summed E-state index contributed by atoms with van der Waals surface area (Å²) in [6.45, 7) is -1.41. The van der Waals surface area contributed by atoms with Gasteiger partial charge in [-0.05, 0) is 0 Å². The van der Waals surface area contributed by atoms with Crippen molar-refractivity contribution >= 4 is 28.7 Å². The summed E-state index contributed by atoms with van der Waals surface area (Å²) in [6.07, 6.45) is -0.566. The maximum Gasteiger partial charge on any atom is 0.222 e. The number of aliphatic hydroxyl groups is 2. The van der Waals surface area contributed by atoms with Gasteiger partial charge in [-0.15, -0.1) is 0 Å². The topological polar surface area (TPSA) is 119 Å². The molecule has 0 saturated carbocycles. The van der Waals surface area contributed by atoms with Gasteiger partial charge in [0.1, 0.15) is 24.4 Å². The Bertz CT molecular complexity index is 791. The van der Waals surface area contributed by atoms with Gasteiger partial charge in [-0.25, -0.2) is 14.4 Å². The number of aromatic nitrogens is 4. The summed E-state index contributed by atoms with van der Waals surface area (Å²) >= 11 is 6.42. The lowest BCUT2D eigenvalue weighted by Gasteiger charge is -2.25. The number of hydrogen-bond donors (Lipinski definition) is 3. The van der Waals surface area contributed by atoms with E-state index in [2.05, 4.69) is 26.8 Å². The van der Waals surface area contributed by atoms with Gasteiger partial charge in [0, 0.05) is 0 Å². The monoisotopic (exact) mass is 341 g/mol. The molecule has 1 aliphatic rings. The summed E-state index contributed by atoms with van der Waals surface area (Å²) in [5.41, 5.74) is 6.33. The Morgan fingerprint density at radius 3 is 3.00 bits per heavy atom. The van der Waals surface area contributed by atoms with E-state index in [9.17, 15) is 14.6 Å². The van der Waals surface area contributed by atoms with Gasteiger partial charge in [-0.1, -0.05) is 23.4 Å². The van der Waals surface area contributed by atoms with Gasteiger partial charge in [0.2, 0.25) is 5.95 Å². The van der Waals surface area contributed by atoms with E-state index in [1.165, 1.54) is 17.1 Å². The minimum Gasteiger partial charge on any atom is -0.394 e. The summed E-state index contributed by atoms with van der Waals surface area (Å²) in [7, 11) is 0. The normalized spacial score (nSPS) is 30.3. The summed E-state index contributed by atoms with van der Waals surface area (Å²) < 4.78 is 19.5. The summed E-state index contributed by atoms with van der Waals surface area (Å²) in [5, 5.41) is 19.6. The molecule has 23 heavy (non-hydrogen) atoms. The molecule has 3 rings (SSSR count). The lowest BCUT2D eigenvalue weighted by Crippen LogP contribution is -2.41. The van der Waals surface area contributed by atoms with Crippen molar-refractivity contribution in [1.82, 2.24) is 19.5 Å². The molecule has 0 bridgehead atoms. The first-order valence-corrected chi connectivity index (χ1v) is 7.03. The molecule has 1 aliphatic heterocycles. The van der Waals surface area contributed by atoms with Crippen molar-refractivity contribution in [2.45, 2.75) is 23.3 Å². The van der Waals surface area contributed by atoms with Crippen molar-refractivity contribution in [2.24, 2.45) is 0 Å². The van der Waals surface area contributed by atoms with E-state index in [1.807, 2.05) is 0 Å². The first kappa shape index (κ1) is 15.9. The largest absolute Gasteiger partial charge is 0.394 e. The number of nitrogens with two attached hydrogens (primary N) is 1. The highest BCUT2D eigenvalue weighted by Gasteiger charge is 2.55. The second-order valence-electron chi connectivity index (χ2n) is 4.95. The zero-order chi connectivity index (χ0) is 16.6. The number of halogens is 2. The number of alkyl halides is 2. The molecule has 3 heterocycles. The quantitative estimate of drug-likeness (QED) is 0.502. The van der Waals surface area contributed by atoms with Crippen LogP contribution in [0.1, 0.15) is 6.23 Å². The van der Waals surface area contributed by atoms with Crippen LogP contribution in [0, 0.1) is 11.8 Å². The predicted octanol–water partition coefficient (Wildman–Crippen LogP) is -0.390. The molecule has 0 spiro atoms. The molecule has 0 aliphatic carbocycles. The van der Waals surface area contributed by atoms with Crippen LogP contribution in [0.4, 0.5) is 10.3 Å². The average Bonchev–Trinajstić information content (AvgIpc) is 3.05. The fraction of sp³-hybridized carbons (Fsp3) is 0.462. The SMILES string of the molecule is Nc1ncc2ncn([C@@H]3O[C@H](CO)[C@H](O)C3(Cl)C#CCF)c2n1. The standard InChI is InChI=1S/C13H13ClFN5O3/c14-13(2-1-3-15)9(22)8(5-21)23-11(13)20-6-18-7-4-17-12(16)19-10(7)20/h4,6,8-9,11,21-22H,3,5H2,(H2,16,17,19)/t8-,9+,11-,13?/m1/s1. The van der Waals surface area contributed by atoms with Crippen molar-refractivity contribution < 1.29 is 19.3 Å². The Balaban J connectivity index is 2.13. The highest BCUT2D eigenvalue weighted by molar-refractivity contribution is 6.27. The Hall–Kier alpha value is -1.99. The summed E-state index contributed by atoms with van der Waals surface area (Å²) in [5.74, 6) is 4.69. The molecule has 2 aromatic rings. The van der Waals surface area contributed by atoms with Crippen LogP contribution in [-0.2, 0) is 4.74 Å². The molecule has 0 aromatic carbocycles. The average molecular weight is 342 g/mol. The number of aliphatic hydroxyl groups excluding tert-OH is 2. The first-order chi connectivity index (χ1) is 11.0. The molecule has 4 N–H and O–H groups in total. The van der Waals surface area contributed by atoms with Crippen molar-refractivity contribution in [1.29, 1.82) is 0 Å². The molecule has 1 saturated heterocycles. The van der Waals surface area contributed by atoms with Crippen LogP contribution in [0.3, 0.4) is 0 Å². The minimum atomic E-state index is -1.67. The number of nitrogen functional groups attached to an aromatic ring is 1. The van der Waals surface area contributed by atoms with Crippen LogP contribution < -0.4 is 5.73 Å². The number of anilines is 1. The van der Waals surface area contributed by atoms with Gasteiger partial charge >= 0.3 is 0 Å². The van der Waals surface area contributed by atoms with Gasteiger partial charge in [0.25, 0.3) is 0 Å². The molecule has 8 nitrogen and oxygen atoms in total. The predicted molar refractivity (Wildman–Crippen MR) is 79.1 cm³/mol. The lowest BCUT2D eigenvalue weighted by atomic mass is 9.99. The number of fused-ring (bicyclic) bond motifs is 1. The Morgan fingerprint density at radius 1 is 1.52 bits per heavy atom. The highest BCUT2D eigenvalue weighted by Crippen LogP contribution is 2.44. The second kappa shape index (κ2) is 5.90. The molecular weight excluding hydrogens is 329 g/mol. The second-order valence-corrected chi connectivity index (χ2v) is 5.57. The molecule has 10 heteroatoms. The molecule has 2 aromatic heterocycles. The van der Waals surface area contributed by atoms with E-state index in [0.29, 0.717) is 11.2 Å². The molecule has 122 valence electrons. The number of imidazole rings is 1. The van der Waals surface area contributed by atoms with Crippen LogP contribution >= 0.6 is 11.6 Å². The molecule has 1 fully saturated rings. The molecular formula is C13H13ClFN5O3. The van der Waals surface area contributed by atoms with Crippen LogP contribution in [0.2, 0.25) is 0 Å². The highest BCUT2D eigenvalue weighted by atomic mass is 35.5. The number of hydrogen-bond acceptors (Lipinski definition) is 7. The molecule has 0 amide bonds. The van der Waals surface area contributed by atoms with Crippen molar-refractivity contribution in [3.63, 3.8) is 0 Å². The van der Waals surface area contributed by atoms with Crippen molar-refractivity contribution in [3.05, 3.63) is 12.5 Å². The van der Waals surface area contributed by atoms with Gasteiger partial charge in [-0.2, -0.15) is 4.98 Å². The van der Waals surface area contributed by atoms with Crippen LogP contribution in [-0.4, -0.2) is 60.1 Å². The van der Waals surface area contributed by atoms with Gasteiger partial charge < -0.3 is 20.7 Å². The van der Waals surface area contributed by atoms with E-state index < -0.39 is 36.6 Å². The van der Waals surface area contributed by atoms with Gasteiger partial charge in [0.05, 0.1) is 19.1 Å². The zero-order valence-electron chi connectivity index (χ0n) is 11.7. The molecule has 1 unspecified atom stereocenters. The number of ether oxygens (including phenoxy) is 1. The van der Waals surface area contributed by atoms with Gasteiger partial charge in [0.15, 0.2) is 16.7 Å². The lowest BCUT2D eigenvalue weighted by molar-refractivity contribution is -0.0436. The fourth-order valence-electron chi connectivity index (χ4n) is 2.48. The number of nitrogens with zero attached hydrogens (tertiary/aromatic N) is 4. The Kier molecular flexibility index (Phi) is 4.08. The van der Waals surface area contributed by atoms with Crippen LogP contribution in [0.5, 0.6) is 0 Å². The number of rotatable bonds is 2. The summed E-state index contributed by atoms with van der Waals surface area (Å²) in [4.78, 5) is 10.3. The third-order valence-electron chi connectivity index (χ3n) is 3.56. The zero-order valence-corrected chi connectivity index (χ0v) is 12.5. The third-order valence-corrected chi connectivity index (χ3v) is 4.06. The van der Waals surface area contributed by atoms with E-state index >= 15 is 0 Å². The summed E-state index contributed by atoms with van der Waals surface area (Å²) in [6, 6.07) is 0. The molecule has 0 radical (unpaired) electrons. The minimum absolute atomic E-state index is 0.0199. The fourth-order valence-corrected chi connectivity index (χ4v) is 2.85. The smallest absolute Gasteiger partial charge is 0.222 e. The Labute approximate surface area is 135 Å². The maximum absolute atomic E-state index is 12.4.